The molecule has 0 unspecified atom stereocenters. The molecule has 0 saturated heterocycles. The summed E-state index contributed by atoms with van der Waals surface area (Å²) >= 11 is 0. The molecule has 0 fully saturated rings. The third kappa shape index (κ3) is 12.1. The molecular formula is C15H20O9. The predicted molar refractivity (Wildman–Crippen MR) is 80.2 cm³/mol. The van der Waals surface area contributed by atoms with Crippen LogP contribution in [0.4, 0.5) is 0 Å². The van der Waals surface area contributed by atoms with Crippen LogP contribution >= 0.6 is 0 Å². The Hall–Kier alpha value is -2.49. The van der Waals surface area contributed by atoms with Crippen molar-refractivity contribution in [2.75, 3.05) is 33.6 Å². The van der Waals surface area contributed by atoms with E-state index in [1.807, 2.05) is 0 Å². The van der Waals surface area contributed by atoms with E-state index in [1.165, 1.54) is 0 Å². The second kappa shape index (κ2) is 14.1. The molecule has 0 atom stereocenters. The molecule has 24 heavy (non-hydrogen) atoms. The number of ether oxygens (including phenoxy) is 6. The van der Waals surface area contributed by atoms with E-state index in [0.717, 1.165) is 18.2 Å². The van der Waals surface area contributed by atoms with Gasteiger partial charge in [0.15, 0.2) is 20.4 Å². The van der Waals surface area contributed by atoms with Crippen LogP contribution in [-0.4, -0.2) is 57.6 Å². The van der Waals surface area contributed by atoms with Crippen LogP contribution in [0.15, 0.2) is 38.0 Å². The Kier molecular flexibility index (Phi) is 12.7. The molecule has 0 aliphatic rings. The van der Waals surface area contributed by atoms with Crippen molar-refractivity contribution in [1.82, 2.24) is 0 Å². The summed E-state index contributed by atoms with van der Waals surface area (Å²) < 4.78 is 29.3. The molecule has 0 bridgehead atoms. The lowest BCUT2D eigenvalue weighted by Gasteiger charge is -2.17. The fourth-order valence-corrected chi connectivity index (χ4v) is 1.07. The second-order valence-electron chi connectivity index (χ2n) is 3.89. The van der Waals surface area contributed by atoms with Gasteiger partial charge in [0.2, 0.25) is 0 Å². The molecule has 0 saturated carbocycles. The number of esters is 3. The normalized spacial score (nSPS) is 9.88. The number of hydrogen-bond acceptors (Lipinski definition) is 9. The monoisotopic (exact) mass is 344 g/mol. The molecule has 0 aromatic heterocycles. The first-order valence-electron chi connectivity index (χ1n) is 6.68. The SMILES string of the molecule is C=CC(=O)OCOCC(COCOC(=O)C=C)OCOC(=O)C=C. The van der Waals surface area contributed by atoms with Gasteiger partial charge >= 0.3 is 17.9 Å². The van der Waals surface area contributed by atoms with Crippen LogP contribution in [0.5, 0.6) is 0 Å². The quantitative estimate of drug-likeness (QED) is 0.146. The van der Waals surface area contributed by atoms with Crippen molar-refractivity contribution < 1.29 is 42.8 Å². The van der Waals surface area contributed by atoms with Crippen LogP contribution in [0.1, 0.15) is 0 Å². The van der Waals surface area contributed by atoms with Crippen LogP contribution < -0.4 is 0 Å². The van der Waals surface area contributed by atoms with Crippen molar-refractivity contribution in [2.45, 2.75) is 6.10 Å². The summed E-state index contributed by atoms with van der Waals surface area (Å²) in [4.78, 5) is 32.6. The van der Waals surface area contributed by atoms with E-state index in [-0.39, 0.29) is 33.6 Å². The Bertz CT molecular complexity index is 416. The highest BCUT2D eigenvalue weighted by Crippen LogP contribution is 1.98. The fraction of sp³-hybridized carbons (Fsp3) is 0.400. The van der Waals surface area contributed by atoms with Gasteiger partial charge in [0.05, 0.1) is 13.2 Å². The summed E-state index contributed by atoms with van der Waals surface area (Å²) in [7, 11) is 0. The number of carbonyl (C=O) groups is 3. The average molecular weight is 344 g/mol. The van der Waals surface area contributed by atoms with E-state index in [2.05, 4.69) is 33.9 Å². The molecule has 0 aliphatic heterocycles. The Morgan fingerprint density at radius 2 is 1.08 bits per heavy atom. The Labute approximate surface area is 139 Å². The van der Waals surface area contributed by atoms with Gasteiger partial charge in [-0.2, -0.15) is 0 Å². The molecule has 0 N–H and O–H groups in total. The van der Waals surface area contributed by atoms with Crippen LogP contribution in [0, 0.1) is 0 Å². The number of carbonyl (C=O) groups excluding carboxylic acids is 3. The third-order valence-electron chi connectivity index (χ3n) is 2.18. The van der Waals surface area contributed by atoms with E-state index < -0.39 is 24.0 Å². The maximum atomic E-state index is 10.9. The van der Waals surface area contributed by atoms with Crippen LogP contribution in [0.25, 0.3) is 0 Å². The summed E-state index contributed by atoms with van der Waals surface area (Å²) in [5.41, 5.74) is 0. The summed E-state index contributed by atoms with van der Waals surface area (Å²) in [5.74, 6) is -1.93. The highest BCUT2D eigenvalue weighted by molar-refractivity contribution is 5.81. The number of hydrogen-bond donors (Lipinski definition) is 0. The molecule has 9 heteroatoms. The minimum Gasteiger partial charge on any atom is -0.435 e. The first-order chi connectivity index (χ1) is 11.5. The van der Waals surface area contributed by atoms with Gasteiger partial charge in [0.1, 0.15) is 6.10 Å². The van der Waals surface area contributed by atoms with Crippen molar-refractivity contribution in [3.63, 3.8) is 0 Å². The molecule has 0 radical (unpaired) electrons. The van der Waals surface area contributed by atoms with Crippen molar-refractivity contribution in [2.24, 2.45) is 0 Å². The molecule has 0 rings (SSSR count). The zero-order valence-electron chi connectivity index (χ0n) is 13.1. The Morgan fingerprint density at radius 1 is 0.708 bits per heavy atom. The smallest absolute Gasteiger partial charge is 0.332 e. The van der Waals surface area contributed by atoms with Crippen LogP contribution in [0.2, 0.25) is 0 Å². The summed E-state index contributed by atoms with van der Waals surface area (Å²) in [6.45, 7) is 8.63. The standard InChI is InChI=1S/C15H20O9/c1-4-13(16)22-9-19-7-12(21-11-24-15(18)6-3)8-20-10-23-14(17)5-2/h4-6,12H,1-3,7-11H2. The van der Waals surface area contributed by atoms with Gasteiger partial charge in [-0.3, -0.25) is 0 Å². The molecule has 9 nitrogen and oxygen atoms in total. The van der Waals surface area contributed by atoms with Crippen molar-refractivity contribution >= 4 is 17.9 Å². The highest BCUT2D eigenvalue weighted by Gasteiger charge is 2.12. The zero-order chi connectivity index (χ0) is 18.2. The predicted octanol–water partition coefficient (Wildman–Crippen LogP) is 0.465. The van der Waals surface area contributed by atoms with Crippen molar-refractivity contribution in [3.8, 4) is 0 Å². The lowest BCUT2D eigenvalue weighted by Crippen LogP contribution is -2.28. The van der Waals surface area contributed by atoms with Crippen molar-refractivity contribution in [1.29, 1.82) is 0 Å². The fourth-order valence-electron chi connectivity index (χ4n) is 1.07. The minimum atomic E-state index is -0.674. The first-order valence-corrected chi connectivity index (χ1v) is 6.68. The van der Waals surface area contributed by atoms with Gasteiger partial charge in [-0.05, 0) is 0 Å². The van der Waals surface area contributed by atoms with Crippen LogP contribution in [0.3, 0.4) is 0 Å². The molecule has 0 heterocycles. The Balaban J connectivity index is 4.11. The van der Waals surface area contributed by atoms with Gasteiger partial charge < -0.3 is 28.4 Å². The first kappa shape index (κ1) is 21.5. The summed E-state index contributed by atoms with van der Waals surface area (Å²) in [6, 6.07) is 0. The third-order valence-corrected chi connectivity index (χ3v) is 2.18. The van der Waals surface area contributed by atoms with E-state index >= 15 is 0 Å². The van der Waals surface area contributed by atoms with Crippen LogP contribution in [-0.2, 0) is 42.8 Å². The maximum absolute atomic E-state index is 10.9. The molecule has 0 aliphatic carbocycles. The average Bonchev–Trinajstić information content (AvgIpc) is 2.60. The summed E-state index contributed by atoms with van der Waals surface area (Å²) in [6.07, 6.45) is 2.29. The lowest BCUT2D eigenvalue weighted by atomic mass is 10.4. The largest absolute Gasteiger partial charge is 0.435 e. The van der Waals surface area contributed by atoms with Gasteiger partial charge in [0, 0.05) is 18.2 Å². The van der Waals surface area contributed by atoms with Gasteiger partial charge in [-0.15, -0.1) is 0 Å². The number of rotatable bonds is 14. The maximum Gasteiger partial charge on any atom is 0.332 e. The topological polar surface area (TPSA) is 107 Å². The Morgan fingerprint density at radius 3 is 1.46 bits per heavy atom. The molecule has 0 amide bonds. The molecule has 0 spiro atoms. The highest BCUT2D eigenvalue weighted by atomic mass is 16.7. The van der Waals surface area contributed by atoms with Gasteiger partial charge in [-0.25, -0.2) is 14.4 Å². The zero-order valence-corrected chi connectivity index (χ0v) is 13.1. The van der Waals surface area contributed by atoms with Gasteiger partial charge in [0.25, 0.3) is 0 Å². The van der Waals surface area contributed by atoms with E-state index in [0.29, 0.717) is 0 Å². The summed E-state index contributed by atoms with van der Waals surface area (Å²) in [5, 5.41) is 0. The van der Waals surface area contributed by atoms with Gasteiger partial charge in [-0.1, -0.05) is 19.7 Å². The van der Waals surface area contributed by atoms with E-state index in [1.54, 1.807) is 0 Å². The van der Waals surface area contributed by atoms with Crippen molar-refractivity contribution in [3.05, 3.63) is 38.0 Å². The molecule has 0 aromatic carbocycles. The van der Waals surface area contributed by atoms with E-state index in [4.69, 9.17) is 14.2 Å². The second-order valence-corrected chi connectivity index (χ2v) is 3.89. The molecular weight excluding hydrogens is 324 g/mol. The molecule has 134 valence electrons. The lowest BCUT2D eigenvalue weighted by molar-refractivity contribution is -0.179. The molecule has 0 aromatic rings. The minimum absolute atomic E-state index is 0.0362. The van der Waals surface area contributed by atoms with E-state index in [9.17, 15) is 14.4 Å².